The number of carbonyl (C=O) groups is 4. The monoisotopic (exact) mass is 948 g/mol. The van der Waals surface area contributed by atoms with E-state index in [2.05, 4.69) is 42.1 Å². The number of methoxy groups -OCH3 is 2. The number of aromatic carboxylic acids is 1. The largest absolute Gasteiger partial charge is 0.478 e. The Morgan fingerprint density at radius 1 is 0.629 bits per heavy atom. The van der Waals surface area contributed by atoms with Gasteiger partial charge in [-0.05, 0) is 75.9 Å². The molecule has 4 atom stereocenters. The summed E-state index contributed by atoms with van der Waals surface area (Å²) in [5, 5.41) is 30.7. The first-order chi connectivity index (χ1) is 33.5. The minimum absolute atomic E-state index is 0. The summed E-state index contributed by atoms with van der Waals surface area (Å²) in [5.41, 5.74) is 2.30. The first-order valence-corrected chi connectivity index (χ1v) is 21.8. The zero-order chi connectivity index (χ0) is 49.3. The number of nitriles is 2. The van der Waals surface area contributed by atoms with Gasteiger partial charge in [0, 0.05) is 66.9 Å². The number of likely N-dealkylation sites (tertiary alicyclic amines) is 1. The van der Waals surface area contributed by atoms with Gasteiger partial charge in [0.2, 0.25) is 11.8 Å². The number of aromatic nitrogens is 6. The van der Waals surface area contributed by atoms with Crippen molar-refractivity contribution >= 4 is 23.8 Å². The zero-order valence-electron chi connectivity index (χ0n) is 38.2. The van der Waals surface area contributed by atoms with E-state index in [-0.39, 0.29) is 65.1 Å². The number of esters is 2. The highest BCUT2D eigenvalue weighted by Gasteiger charge is 2.33. The SMILES string of the molecule is C.COC(=O)c1c(C#N)ccnc1O[C@@H]1CC[C@@H](C)N(C(=O)c2ccccc2-c2ncccn2)C1.COC(=O)c1c(C#N)ccnc1O[C@@H]1CC[C@@H](C)NC1.O=C(O)c1ccccc1-c1ncccn1. The van der Waals surface area contributed by atoms with Crippen molar-refractivity contribution in [2.75, 3.05) is 27.3 Å². The Morgan fingerprint density at radius 2 is 1.10 bits per heavy atom. The van der Waals surface area contributed by atoms with Crippen LogP contribution < -0.4 is 14.8 Å². The summed E-state index contributed by atoms with van der Waals surface area (Å²) >= 11 is 0. The molecule has 2 aliphatic heterocycles. The average molecular weight is 949 g/mol. The molecule has 0 saturated carbocycles. The molecular weight excluding hydrogens is 897 g/mol. The van der Waals surface area contributed by atoms with Gasteiger partial charge in [0.1, 0.15) is 35.5 Å². The number of hydrogen-bond acceptors (Lipinski definition) is 17. The molecule has 0 unspecified atom stereocenters. The number of benzene rings is 2. The minimum Gasteiger partial charge on any atom is -0.478 e. The number of piperidine rings is 2. The minimum atomic E-state index is -0.974. The van der Waals surface area contributed by atoms with Crippen LogP contribution >= 0.6 is 0 Å². The summed E-state index contributed by atoms with van der Waals surface area (Å²) in [6, 6.07) is 24.6. The van der Waals surface area contributed by atoms with Crippen molar-refractivity contribution in [2.45, 2.75) is 71.2 Å². The van der Waals surface area contributed by atoms with Crippen molar-refractivity contribution in [1.29, 1.82) is 10.5 Å². The second-order valence-electron chi connectivity index (χ2n) is 15.6. The number of rotatable bonds is 10. The molecule has 2 aliphatic rings. The van der Waals surface area contributed by atoms with Crippen LogP contribution in [0.15, 0.2) is 110 Å². The predicted octanol–water partition coefficient (Wildman–Crippen LogP) is 7.01. The molecule has 6 heterocycles. The maximum absolute atomic E-state index is 13.6. The molecule has 360 valence electrons. The van der Waals surface area contributed by atoms with E-state index in [0.717, 1.165) is 12.8 Å². The van der Waals surface area contributed by atoms with Crippen LogP contribution in [0.3, 0.4) is 0 Å². The quantitative estimate of drug-likeness (QED) is 0.131. The Balaban J connectivity index is 0.000000214. The van der Waals surface area contributed by atoms with E-state index in [1.54, 1.807) is 66.1 Å². The van der Waals surface area contributed by atoms with Crippen LogP contribution in [0.5, 0.6) is 11.8 Å². The van der Waals surface area contributed by atoms with Crippen LogP contribution in [0.25, 0.3) is 22.8 Å². The summed E-state index contributed by atoms with van der Waals surface area (Å²) in [6.45, 7) is 5.10. The Bertz CT molecular complexity index is 2830. The van der Waals surface area contributed by atoms with Gasteiger partial charge in [0.15, 0.2) is 11.6 Å². The highest BCUT2D eigenvalue weighted by molar-refractivity contribution is 6.00. The Morgan fingerprint density at radius 3 is 1.57 bits per heavy atom. The van der Waals surface area contributed by atoms with Gasteiger partial charge in [0.25, 0.3) is 5.91 Å². The highest BCUT2D eigenvalue weighted by Crippen LogP contribution is 2.29. The van der Waals surface area contributed by atoms with E-state index >= 15 is 0 Å². The van der Waals surface area contributed by atoms with Crippen molar-refractivity contribution in [2.24, 2.45) is 0 Å². The van der Waals surface area contributed by atoms with Crippen molar-refractivity contribution < 1.29 is 43.2 Å². The summed E-state index contributed by atoms with van der Waals surface area (Å²) in [5.74, 6) is -1.35. The summed E-state index contributed by atoms with van der Waals surface area (Å²) in [7, 11) is 2.50. The predicted molar refractivity (Wildman–Crippen MR) is 254 cm³/mol. The molecule has 0 bridgehead atoms. The fraction of sp³-hybridized carbons (Fsp3) is 0.294. The van der Waals surface area contributed by atoms with E-state index in [9.17, 15) is 24.4 Å². The molecule has 2 saturated heterocycles. The second-order valence-corrected chi connectivity index (χ2v) is 15.6. The van der Waals surface area contributed by atoms with E-state index in [1.165, 1.54) is 44.8 Å². The van der Waals surface area contributed by atoms with Gasteiger partial charge in [-0.25, -0.2) is 44.3 Å². The molecule has 70 heavy (non-hydrogen) atoms. The summed E-state index contributed by atoms with van der Waals surface area (Å²) in [6.07, 6.45) is 12.1. The van der Waals surface area contributed by atoms with Crippen LogP contribution in [0, 0.1) is 22.7 Å². The third-order valence-corrected chi connectivity index (χ3v) is 11.1. The van der Waals surface area contributed by atoms with Crippen LogP contribution in [0.2, 0.25) is 0 Å². The lowest BCUT2D eigenvalue weighted by Crippen LogP contribution is -2.49. The molecule has 1 amide bonds. The molecule has 0 spiro atoms. The lowest BCUT2D eigenvalue weighted by molar-refractivity contribution is 0.0359. The van der Waals surface area contributed by atoms with E-state index in [0.29, 0.717) is 60.3 Å². The van der Waals surface area contributed by atoms with E-state index < -0.39 is 24.0 Å². The molecule has 19 heteroatoms. The molecule has 8 rings (SSSR count). The van der Waals surface area contributed by atoms with Crippen molar-refractivity contribution in [3.63, 3.8) is 0 Å². The molecule has 0 aliphatic carbocycles. The maximum atomic E-state index is 13.6. The van der Waals surface area contributed by atoms with Gasteiger partial charge in [-0.1, -0.05) is 43.8 Å². The van der Waals surface area contributed by atoms with Crippen LogP contribution in [-0.2, 0) is 9.47 Å². The normalized spacial score (nSPS) is 16.9. The zero-order valence-corrected chi connectivity index (χ0v) is 38.2. The van der Waals surface area contributed by atoms with Crippen molar-refractivity contribution in [3.05, 3.63) is 143 Å². The van der Waals surface area contributed by atoms with Gasteiger partial charge in [0.05, 0.1) is 43.0 Å². The number of ether oxygens (including phenoxy) is 4. The molecule has 6 aromatic rings. The second kappa shape index (κ2) is 25.5. The Kier molecular flexibility index (Phi) is 19.0. The van der Waals surface area contributed by atoms with E-state index in [4.69, 9.17) is 29.3 Å². The third-order valence-electron chi connectivity index (χ3n) is 11.1. The number of nitrogens with zero attached hydrogens (tertiary/aromatic N) is 9. The fourth-order valence-electron chi connectivity index (χ4n) is 7.45. The topological polar surface area (TPSA) is 266 Å². The van der Waals surface area contributed by atoms with Gasteiger partial charge in [-0.2, -0.15) is 10.5 Å². The average Bonchev–Trinajstić information content (AvgIpc) is 3.39. The van der Waals surface area contributed by atoms with Crippen molar-refractivity contribution in [1.82, 2.24) is 40.1 Å². The lowest BCUT2D eigenvalue weighted by Gasteiger charge is -2.38. The standard InChI is InChI=1S/C25H23N5O4.C14H17N3O3.C11H8N2O2.CH4/c1-16-8-9-18(34-23-21(25(32)33-2)17(14-26)10-13-29-23)15-30(16)24(31)20-7-4-3-6-19(20)22-27-11-5-12-28-22;1-9-3-4-11(8-17-9)20-13-12(14(18)19-2)10(7-15)5-6-16-13;14-11(15)9-5-2-1-4-8(9)10-12-6-3-7-13-10;/h3-7,10-13,16,18H,8-9,15H2,1-2H3;5-6,9,11,17H,3-4,8H2,1-2H3;1-7H,(H,14,15);1H4/t16-,18-;9-,11-;;/m11../s1. The molecule has 2 N–H and O–H groups in total. The Hall–Kier alpha value is -8.68. The molecule has 2 fully saturated rings. The number of carboxylic acid groups (broad SMARTS) is 1. The van der Waals surface area contributed by atoms with Crippen LogP contribution in [-0.4, -0.2) is 115 Å². The number of pyridine rings is 2. The van der Waals surface area contributed by atoms with Crippen LogP contribution in [0.4, 0.5) is 0 Å². The number of carboxylic acids is 1. The van der Waals surface area contributed by atoms with Gasteiger partial charge < -0.3 is 34.3 Å². The van der Waals surface area contributed by atoms with Gasteiger partial charge in [-0.15, -0.1) is 0 Å². The highest BCUT2D eigenvalue weighted by atomic mass is 16.5. The fourth-order valence-corrected chi connectivity index (χ4v) is 7.45. The number of nitrogens with one attached hydrogen (secondary N) is 1. The van der Waals surface area contributed by atoms with Crippen molar-refractivity contribution in [3.8, 4) is 46.7 Å². The maximum Gasteiger partial charge on any atom is 0.344 e. The van der Waals surface area contributed by atoms with Crippen LogP contribution in [0.1, 0.15) is 99.5 Å². The number of amides is 1. The Labute approximate surface area is 405 Å². The number of hydrogen-bond donors (Lipinski definition) is 2. The lowest BCUT2D eigenvalue weighted by atomic mass is 9.98. The third kappa shape index (κ3) is 13.1. The van der Waals surface area contributed by atoms with E-state index in [1.807, 2.05) is 37.3 Å². The molecule has 0 radical (unpaired) electrons. The number of carbonyl (C=O) groups excluding carboxylic acids is 3. The first kappa shape index (κ1) is 52.3. The molecule has 2 aromatic carbocycles. The molecule has 19 nitrogen and oxygen atoms in total. The summed E-state index contributed by atoms with van der Waals surface area (Å²) < 4.78 is 21.3. The summed E-state index contributed by atoms with van der Waals surface area (Å²) in [4.78, 5) is 75.2. The smallest absolute Gasteiger partial charge is 0.344 e. The molecular formula is C51H52N10O9. The van der Waals surface area contributed by atoms with Gasteiger partial charge in [-0.3, -0.25) is 4.79 Å². The first-order valence-electron chi connectivity index (χ1n) is 21.8. The molecule has 4 aromatic heterocycles. The van der Waals surface area contributed by atoms with Gasteiger partial charge >= 0.3 is 17.9 Å².